The Bertz CT molecular complexity index is 265. The van der Waals surface area contributed by atoms with Gasteiger partial charge in [0.25, 0.3) is 0 Å². The van der Waals surface area contributed by atoms with Crippen LogP contribution < -0.4 is 5.32 Å². The Hall–Kier alpha value is -0.120. The molecule has 1 heterocycles. The van der Waals surface area contributed by atoms with E-state index < -0.39 is 0 Å². The van der Waals surface area contributed by atoms with Gasteiger partial charge < -0.3 is 10.4 Å². The average molecular weight is 254 g/mol. The molecule has 2 fully saturated rings. The molecule has 1 saturated carbocycles. The van der Waals surface area contributed by atoms with E-state index in [0.29, 0.717) is 12.0 Å². The third-order valence-corrected chi connectivity index (χ3v) is 4.84. The molecular weight excluding hydrogens is 224 g/mol. The molecular formula is C15H30N2O. The first-order valence-corrected chi connectivity index (χ1v) is 7.73. The van der Waals surface area contributed by atoms with Gasteiger partial charge in [0.1, 0.15) is 0 Å². The van der Waals surface area contributed by atoms with Gasteiger partial charge in [0.15, 0.2) is 0 Å². The molecule has 0 aromatic carbocycles. The van der Waals surface area contributed by atoms with Crippen LogP contribution in [-0.4, -0.2) is 47.8 Å². The van der Waals surface area contributed by atoms with Crippen molar-refractivity contribution in [3.05, 3.63) is 0 Å². The molecule has 2 rings (SSSR count). The molecule has 2 atom stereocenters. The van der Waals surface area contributed by atoms with Crippen molar-refractivity contribution in [1.29, 1.82) is 0 Å². The summed E-state index contributed by atoms with van der Waals surface area (Å²) in [5.41, 5.74) is -0.0355. The summed E-state index contributed by atoms with van der Waals surface area (Å²) in [4.78, 5) is 2.63. The summed E-state index contributed by atoms with van der Waals surface area (Å²) in [7, 11) is 0. The summed E-state index contributed by atoms with van der Waals surface area (Å²) < 4.78 is 0. The molecule has 18 heavy (non-hydrogen) atoms. The van der Waals surface area contributed by atoms with E-state index in [1.807, 2.05) is 0 Å². The second kappa shape index (κ2) is 5.89. The largest absolute Gasteiger partial charge is 0.394 e. The van der Waals surface area contributed by atoms with Gasteiger partial charge in [0.2, 0.25) is 0 Å². The lowest BCUT2D eigenvalue weighted by Crippen LogP contribution is -2.59. The number of nitrogens with zero attached hydrogens (tertiary/aromatic N) is 1. The van der Waals surface area contributed by atoms with E-state index in [0.717, 1.165) is 19.0 Å². The Morgan fingerprint density at radius 2 is 2.06 bits per heavy atom. The van der Waals surface area contributed by atoms with Crippen molar-refractivity contribution >= 4 is 0 Å². The predicted octanol–water partition coefficient (Wildman–Crippen LogP) is 1.86. The zero-order valence-electron chi connectivity index (χ0n) is 12.3. The fourth-order valence-electron chi connectivity index (χ4n) is 3.72. The van der Waals surface area contributed by atoms with Gasteiger partial charge in [-0.25, -0.2) is 0 Å². The maximum absolute atomic E-state index is 9.91. The van der Waals surface area contributed by atoms with Crippen LogP contribution in [0, 0.1) is 11.8 Å². The highest BCUT2D eigenvalue weighted by Crippen LogP contribution is 2.41. The summed E-state index contributed by atoms with van der Waals surface area (Å²) in [6, 6.07) is 0.716. The van der Waals surface area contributed by atoms with Crippen LogP contribution in [0.15, 0.2) is 0 Å². The minimum atomic E-state index is -0.0355. The van der Waals surface area contributed by atoms with Gasteiger partial charge in [-0.2, -0.15) is 0 Å². The Kier molecular flexibility index (Phi) is 4.68. The molecule has 2 N–H and O–H groups in total. The number of likely N-dealkylation sites (N-methyl/N-ethyl adjacent to an activating group) is 1. The minimum absolute atomic E-state index is 0.0355. The molecule has 0 aromatic heterocycles. The summed E-state index contributed by atoms with van der Waals surface area (Å²) >= 11 is 0. The van der Waals surface area contributed by atoms with Crippen molar-refractivity contribution in [1.82, 2.24) is 10.2 Å². The first-order chi connectivity index (χ1) is 8.63. The quantitative estimate of drug-likeness (QED) is 0.728. The predicted molar refractivity (Wildman–Crippen MR) is 75.7 cm³/mol. The van der Waals surface area contributed by atoms with Gasteiger partial charge in [0, 0.05) is 12.6 Å². The minimum Gasteiger partial charge on any atom is -0.394 e. The van der Waals surface area contributed by atoms with E-state index >= 15 is 0 Å². The van der Waals surface area contributed by atoms with Gasteiger partial charge in [-0.3, -0.25) is 4.90 Å². The number of likely N-dealkylation sites (tertiary alicyclic amines) is 1. The number of aliphatic hydroxyl groups is 1. The second-order valence-corrected chi connectivity index (χ2v) is 6.54. The molecule has 0 amide bonds. The van der Waals surface area contributed by atoms with Crippen molar-refractivity contribution in [2.45, 2.75) is 58.0 Å². The summed E-state index contributed by atoms with van der Waals surface area (Å²) in [5, 5.41) is 13.5. The molecule has 1 aliphatic carbocycles. The molecule has 2 aliphatic rings. The van der Waals surface area contributed by atoms with Crippen molar-refractivity contribution in [2.75, 3.05) is 26.2 Å². The number of aliphatic hydroxyl groups excluding tert-OH is 1. The Morgan fingerprint density at radius 3 is 2.56 bits per heavy atom. The van der Waals surface area contributed by atoms with Gasteiger partial charge in [-0.1, -0.05) is 20.8 Å². The molecule has 106 valence electrons. The molecule has 0 aromatic rings. The summed E-state index contributed by atoms with van der Waals surface area (Å²) in [5.74, 6) is 1.42. The van der Waals surface area contributed by atoms with Crippen molar-refractivity contribution in [3.63, 3.8) is 0 Å². The summed E-state index contributed by atoms with van der Waals surface area (Å²) in [6.07, 6.45) is 5.22. The Balaban J connectivity index is 2.03. The smallest absolute Gasteiger partial charge is 0.0628 e. The molecule has 0 bridgehead atoms. The van der Waals surface area contributed by atoms with E-state index in [-0.39, 0.29) is 12.1 Å². The Morgan fingerprint density at radius 1 is 1.33 bits per heavy atom. The normalized spacial score (nSPS) is 28.8. The monoisotopic (exact) mass is 254 g/mol. The number of rotatable bonds is 7. The molecule has 2 unspecified atom stereocenters. The SMILES string of the molecule is CCNC(CO)(CN1CCCC1C(C)C)C1CC1. The maximum atomic E-state index is 9.91. The van der Waals surface area contributed by atoms with Gasteiger partial charge >= 0.3 is 0 Å². The second-order valence-electron chi connectivity index (χ2n) is 6.54. The zero-order valence-corrected chi connectivity index (χ0v) is 12.3. The van der Waals surface area contributed by atoms with E-state index in [4.69, 9.17) is 0 Å². The zero-order chi connectivity index (χ0) is 13.2. The lowest BCUT2D eigenvalue weighted by atomic mass is 9.91. The first kappa shape index (κ1) is 14.3. The topological polar surface area (TPSA) is 35.5 Å². The lowest BCUT2D eigenvalue weighted by Gasteiger charge is -2.40. The van der Waals surface area contributed by atoms with E-state index in [1.165, 1.54) is 32.2 Å². The van der Waals surface area contributed by atoms with E-state index in [2.05, 4.69) is 31.0 Å². The molecule has 0 radical (unpaired) electrons. The van der Waals surface area contributed by atoms with Crippen molar-refractivity contribution in [2.24, 2.45) is 11.8 Å². The maximum Gasteiger partial charge on any atom is 0.0628 e. The van der Waals surface area contributed by atoms with Crippen LogP contribution in [0.5, 0.6) is 0 Å². The van der Waals surface area contributed by atoms with Crippen LogP contribution in [0.4, 0.5) is 0 Å². The molecule has 3 heteroatoms. The standard InChI is InChI=1S/C15H30N2O/c1-4-16-15(11-18,13-7-8-13)10-17-9-5-6-14(17)12(2)3/h12-14,16,18H,4-11H2,1-3H3. The Labute approximate surface area is 112 Å². The van der Waals surface area contributed by atoms with Gasteiger partial charge in [-0.05, 0) is 50.6 Å². The highest BCUT2D eigenvalue weighted by atomic mass is 16.3. The first-order valence-electron chi connectivity index (χ1n) is 7.73. The number of hydrogen-bond donors (Lipinski definition) is 2. The molecule has 3 nitrogen and oxygen atoms in total. The molecule has 0 spiro atoms. The average Bonchev–Trinajstić information content (AvgIpc) is 3.09. The third kappa shape index (κ3) is 2.89. The fraction of sp³-hybridized carbons (Fsp3) is 1.00. The highest BCUT2D eigenvalue weighted by molar-refractivity contribution is 5.04. The van der Waals surface area contributed by atoms with Crippen LogP contribution in [0.3, 0.4) is 0 Å². The van der Waals surface area contributed by atoms with Crippen LogP contribution >= 0.6 is 0 Å². The van der Waals surface area contributed by atoms with E-state index in [1.54, 1.807) is 0 Å². The van der Waals surface area contributed by atoms with Crippen LogP contribution in [0.1, 0.15) is 46.5 Å². The van der Waals surface area contributed by atoms with E-state index in [9.17, 15) is 5.11 Å². The summed E-state index contributed by atoms with van der Waals surface area (Å²) in [6.45, 7) is 10.3. The number of nitrogens with one attached hydrogen (secondary N) is 1. The molecule has 1 aliphatic heterocycles. The van der Waals surface area contributed by atoms with Crippen LogP contribution in [-0.2, 0) is 0 Å². The van der Waals surface area contributed by atoms with Crippen LogP contribution in [0.25, 0.3) is 0 Å². The van der Waals surface area contributed by atoms with Crippen LogP contribution in [0.2, 0.25) is 0 Å². The third-order valence-electron chi connectivity index (χ3n) is 4.84. The highest BCUT2D eigenvalue weighted by Gasteiger charge is 2.46. The van der Waals surface area contributed by atoms with Gasteiger partial charge in [-0.15, -0.1) is 0 Å². The molecule has 1 saturated heterocycles. The fourth-order valence-corrected chi connectivity index (χ4v) is 3.72. The van der Waals surface area contributed by atoms with Gasteiger partial charge in [0.05, 0.1) is 12.1 Å². The van der Waals surface area contributed by atoms with Crippen molar-refractivity contribution in [3.8, 4) is 0 Å². The number of hydrogen-bond acceptors (Lipinski definition) is 3. The van der Waals surface area contributed by atoms with Crippen molar-refractivity contribution < 1.29 is 5.11 Å². The lowest BCUT2D eigenvalue weighted by molar-refractivity contribution is 0.0769.